The first kappa shape index (κ1) is 11.6. The van der Waals surface area contributed by atoms with Gasteiger partial charge in [-0.3, -0.25) is 4.99 Å². The molecule has 1 aliphatic rings. The predicted octanol–water partition coefficient (Wildman–Crippen LogP) is 3.56. The van der Waals surface area contributed by atoms with Crippen LogP contribution in [0.1, 0.15) is 39.2 Å². The van der Waals surface area contributed by atoms with Crippen molar-refractivity contribution in [2.24, 2.45) is 4.99 Å². The van der Waals surface area contributed by atoms with E-state index in [0.717, 1.165) is 18.0 Å². The van der Waals surface area contributed by atoms with Crippen LogP contribution in [0.2, 0.25) is 0 Å². The largest absolute Gasteiger partial charge is 0.289 e. The first-order valence-electron chi connectivity index (χ1n) is 5.73. The predicted molar refractivity (Wildman–Crippen MR) is 70.5 cm³/mol. The third-order valence-corrected chi connectivity index (χ3v) is 3.42. The Balaban J connectivity index is 2.10. The Kier molecular flexibility index (Phi) is 3.33. The summed E-state index contributed by atoms with van der Waals surface area (Å²) in [6.07, 6.45) is 4.25. The van der Waals surface area contributed by atoms with Crippen molar-refractivity contribution < 1.29 is 0 Å². The zero-order valence-electron chi connectivity index (χ0n) is 10.2. The van der Waals surface area contributed by atoms with Crippen molar-refractivity contribution in [3.63, 3.8) is 0 Å². The zero-order chi connectivity index (χ0) is 11.6. The van der Waals surface area contributed by atoms with Gasteiger partial charge in [0.25, 0.3) is 0 Å². The normalized spacial score (nSPS) is 16.3. The van der Waals surface area contributed by atoms with Gasteiger partial charge in [0, 0.05) is 28.8 Å². The van der Waals surface area contributed by atoms with Crippen LogP contribution in [0.5, 0.6) is 0 Å². The second-order valence-electron chi connectivity index (χ2n) is 5.03. The summed E-state index contributed by atoms with van der Waals surface area (Å²) in [4.78, 5) is 8.97. The highest BCUT2D eigenvalue weighted by molar-refractivity contribution is 8.00. The van der Waals surface area contributed by atoms with Crippen molar-refractivity contribution in [3.05, 3.63) is 23.9 Å². The van der Waals surface area contributed by atoms with Crippen molar-refractivity contribution in [3.8, 4) is 0 Å². The van der Waals surface area contributed by atoms with Crippen LogP contribution >= 0.6 is 11.8 Å². The number of aliphatic imine (C=N–C) groups is 1. The molecule has 0 fully saturated rings. The molecule has 0 bridgehead atoms. The van der Waals surface area contributed by atoms with Gasteiger partial charge >= 0.3 is 0 Å². The molecule has 0 aromatic carbocycles. The van der Waals surface area contributed by atoms with E-state index in [9.17, 15) is 0 Å². The van der Waals surface area contributed by atoms with Crippen LogP contribution in [0.15, 0.2) is 28.3 Å². The standard InChI is InChI=1S/C13H18N2S/c1-13(2,3)16-12-7-6-10(9-15-12)11-5-4-8-14-11/h6-7,9H,4-5,8H2,1-3H3. The van der Waals surface area contributed by atoms with Gasteiger partial charge in [-0.05, 0) is 25.0 Å². The van der Waals surface area contributed by atoms with Crippen LogP contribution in [0.3, 0.4) is 0 Å². The molecule has 0 atom stereocenters. The van der Waals surface area contributed by atoms with Crippen molar-refractivity contribution in [2.45, 2.75) is 43.4 Å². The SMILES string of the molecule is CC(C)(C)Sc1ccc(C2=NCCC2)cn1. The molecule has 0 amide bonds. The van der Waals surface area contributed by atoms with E-state index in [4.69, 9.17) is 0 Å². The Morgan fingerprint density at radius 3 is 2.56 bits per heavy atom. The molecule has 0 radical (unpaired) electrons. The molecular formula is C13H18N2S. The van der Waals surface area contributed by atoms with E-state index in [-0.39, 0.29) is 4.75 Å². The lowest BCUT2D eigenvalue weighted by atomic mass is 10.1. The van der Waals surface area contributed by atoms with Gasteiger partial charge in [-0.25, -0.2) is 4.98 Å². The van der Waals surface area contributed by atoms with Crippen LogP contribution in [-0.4, -0.2) is 22.0 Å². The fourth-order valence-electron chi connectivity index (χ4n) is 1.70. The van der Waals surface area contributed by atoms with Gasteiger partial charge in [0.15, 0.2) is 0 Å². The first-order chi connectivity index (χ1) is 7.54. The average Bonchev–Trinajstić information content (AvgIpc) is 2.69. The molecule has 2 heterocycles. The summed E-state index contributed by atoms with van der Waals surface area (Å²) in [6, 6.07) is 4.25. The molecular weight excluding hydrogens is 216 g/mol. The monoisotopic (exact) mass is 234 g/mol. The van der Waals surface area contributed by atoms with Crippen molar-refractivity contribution >= 4 is 17.5 Å². The lowest BCUT2D eigenvalue weighted by molar-refractivity contribution is 0.799. The molecule has 1 aromatic rings. The minimum absolute atomic E-state index is 0.222. The number of thioether (sulfide) groups is 1. The number of rotatable bonds is 2. The van der Waals surface area contributed by atoms with E-state index < -0.39 is 0 Å². The molecule has 1 aromatic heterocycles. The molecule has 0 N–H and O–H groups in total. The van der Waals surface area contributed by atoms with Gasteiger partial charge in [0.05, 0.1) is 5.03 Å². The maximum absolute atomic E-state index is 4.49. The fraction of sp³-hybridized carbons (Fsp3) is 0.538. The van der Waals surface area contributed by atoms with Crippen LogP contribution in [0.4, 0.5) is 0 Å². The van der Waals surface area contributed by atoms with E-state index in [1.54, 1.807) is 11.8 Å². The molecule has 16 heavy (non-hydrogen) atoms. The number of pyridine rings is 1. The molecule has 0 saturated carbocycles. The average molecular weight is 234 g/mol. The Morgan fingerprint density at radius 2 is 2.06 bits per heavy atom. The van der Waals surface area contributed by atoms with Gasteiger partial charge in [0.1, 0.15) is 0 Å². The second-order valence-corrected chi connectivity index (χ2v) is 6.88. The van der Waals surface area contributed by atoms with E-state index in [2.05, 4.69) is 42.9 Å². The quantitative estimate of drug-likeness (QED) is 0.731. The molecule has 0 spiro atoms. The van der Waals surface area contributed by atoms with Gasteiger partial charge in [-0.2, -0.15) is 0 Å². The smallest absolute Gasteiger partial charge is 0.0965 e. The number of aromatic nitrogens is 1. The van der Waals surface area contributed by atoms with Gasteiger partial charge in [-0.1, -0.05) is 20.8 Å². The summed E-state index contributed by atoms with van der Waals surface area (Å²) < 4.78 is 0.222. The number of hydrogen-bond donors (Lipinski definition) is 0. The maximum atomic E-state index is 4.49. The Morgan fingerprint density at radius 1 is 1.25 bits per heavy atom. The lowest BCUT2D eigenvalue weighted by Gasteiger charge is -2.16. The van der Waals surface area contributed by atoms with E-state index in [0.29, 0.717) is 0 Å². The van der Waals surface area contributed by atoms with E-state index >= 15 is 0 Å². The highest BCUT2D eigenvalue weighted by Crippen LogP contribution is 2.30. The summed E-state index contributed by atoms with van der Waals surface area (Å²) in [7, 11) is 0. The topological polar surface area (TPSA) is 25.2 Å². The second kappa shape index (κ2) is 4.58. The number of hydrogen-bond acceptors (Lipinski definition) is 3. The van der Waals surface area contributed by atoms with Crippen molar-refractivity contribution in [1.29, 1.82) is 0 Å². The molecule has 86 valence electrons. The van der Waals surface area contributed by atoms with Crippen LogP contribution < -0.4 is 0 Å². The van der Waals surface area contributed by atoms with Gasteiger partial charge < -0.3 is 0 Å². The van der Waals surface area contributed by atoms with E-state index in [1.807, 2.05) is 6.20 Å². The summed E-state index contributed by atoms with van der Waals surface area (Å²) in [5.41, 5.74) is 2.41. The molecule has 2 rings (SSSR count). The minimum atomic E-state index is 0.222. The van der Waals surface area contributed by atoms with Crippen molar-refractivity contribution in [2.75, 3.05) is 6.54 Å². The summed E-state index contributed by atoms with van der Waals surface area (Å²) in [5, 5.41) is 1.09. The number of nitrogens with zero attached hydrogens (tertiary/aromatic N) is 2. The van der Waals surface area contributed by atoms with Crippen LogP contribution in [0, 0.1) is 0 Å². The third-order valence-electron chi connectivity index (χ3n) is 2.35. The Bertz CT molecular complexity index is 387. The lowest BCUT2D eigenvalue weighted by Crippen LogP contribution is -2.07. The van der Waals surface area contributed by atoms with Gasteiger partial charge in [-0.15, -0.1) is 11.8 Å². The van der Waals surface area contributed by atoms with Crippen LogP contribution in [0.25, 0.3) is 0 Å². The van der Waals surface area contributed by atoms with Gasteiger partial charge in [0.2, 0.25) is 0 Å². The third kappa shape index (κ3) is 3.08. The highest BCUT2D eigenvalue weighted by atomic mass is 32.2. The molecule has 0 aliphatic carbocycles. The summed E-state index contributed by atoms with van der Waals surface area (Å²) in [5.74, 6) is 0. The summed E-state index contributed by atoms with van der Waals surface area (Å²) in [6.45, 7) is 7.59. The first-order valence-corrected chi connectivity index (χ1v) is 6.55. The molecule has 1 aliphatic heterocycles. The highest BCUT2D eigenvalue weighted by Gasteiger charge is 2.14. The minimum Gasteiger partial charge on any atom is -0.289 e. The Labute approximate surface area is 102 Å². The molecule has 3 heteroatoms. The zero-order valence-corrected chi connectivity index (χ0v) is 11.0. The Hall–Kier alpha value is -0.830. The molecule has 0 unspecified atom stereocenters. The fourth-order valence-corrected chi connectivity index (χ4v) is 2.57. The van der Waals surface area contributed by atoms with Crippen LogP contribution in [-0.2, 0) is 0 Å². The summed E-state index contributed by atoms with van der Waals surface area (Å²) >= 11 is 1.80. The van der Waals surface area contributed by atoms with E-state index in [1.165, 1.54) is 17.7 Å². The molecule has 0 saturated heterocycles. The van der Waals surface area contributed by atoms with Crippen molar-refractivity contribution in [1.82, 2.24) is 4.98 Å². The molecule has 2 nitrogen and oxygen atoms in total. The maximum Gasteiger partial charge on any atom is 0.0965 e.